The Bertz CT molecular complexity index is 596. The Kier molecular flexibility index (Phi) is 4.22. The van der Waals surface area contributed by atoms with E-state index in [9.17, 15) is 9.59 Å². The van der Waals surface area contributed by atoms with Crippen LogP contribution < -0.4 is 10.2 Å². The molecule has 1 aliphatic heterocycles. The predicted octanol–water partition coefficient (Wildman–Crippen LogP) is 3.26. The molecule has 0 saturated carbocycles. The highest BCUT2D eigenvalue weighted by Crippen LogP contribution is 2.32. The van der Waals surface area contributed by atoms with Crippen molar-refractivity contribution in [3.8, 4) is 0 Å². The van der Waals surface area contributed by atoms with Crippen LogP contribution in [0, 0.1) is 5.41 Å². The lowest BCUT2D eigenvalue weighted by Gasteiger charge is -2.42. The van der Waals surface area contributed by atoms with E-state index < -0.39 is 12.1 Å². The second kappa shape index (κ2) is 5.50. The van der Waals surface area contributed by atoms with Crippen molar-refractivity contribution in [1.29, 1.82) is 0 Å². The minimum atomic E-state index is -0.589. The van der Waals surface area contributed by atoms with E-state index in [1.54, 1.807) is 25.1 Å². The molecule has 1 fully saturated rings. The molecule has 0 aliphatic carbocycles. The molecule has 2 unspecified atom stereocenters. The van der Waals surface area contributed by atoms with Crippen molar-refractivity contribution in [2.24, 2.45) is 5.41 Å². The molecular formula is C15H18Cl2N2O2. The summed E-state index contributed by atoms with van der Waals surface area (Å²) in [5.74, 6) is -0.325. The SMILES string of the molecule is CC1C(=O)NC(C(C)(C)C)C(=O)N1c1ccc(Cl)c(Cl)c1. The first-order valence-electron chi connectivity index (χ1n) is 6.71. The van der Waals surface area contributed by atoms with Gasteiger partial charge < -0.3 is 5.32 Å². The first-order chi connectivity index (χ1) is 9.62. The highest BCUT2D eigenvalue weighted by Gasteiger charge is 2.44. The van der Waals surface area contributed by atoms with Gasteiger partial charge in [0.15, 0.2) is 0 Å². The summed E-state index contributed by atoms with van der Waals surface area (Å²) in [4.78, 5) is 26.4. The molecule has 1 aliphatic rings. The number of nitrogens with zero attached hydrogens (tertiary/aromatic N) is 1. The Balaban J connectivity index is 2.46. The summed E-state index contributed by atoms with van der Waals surface area (Å²) in [5, 5.41) is 3.56. The number of carbonyl (C=O) groups is 2. The van der Waals surface area contributed by atoms with Gasteiger partial charge in [-0.05, 0) is 30.5 Å². The number of halogens is 2. The van der Waals surface area contributed by atoms with Crippen LogP contribution in [0.1, 0.15) is 27.7 Å². The molecule has 2 rings (SSSR count). The molecule has 2 atom stereocenters. The minimum Gasteiger partial charge on any atom is -0.342 e. The first kappa shape index (κ1) is 16.1. The molecule has 114 valence electrons. The normalized spacial score (nSPS) is 23.2. The number of piperazine rings is 1. The van der Waals surface area contributed by atoms with Gasteiger partial charge in [-0.25, -0.2) is 0 Å². The van der Waals surface area contributed by atoms with Crippen molar-refractivity contribution in [2.75, 3.05) is 4.90 Å². The maximum Gasteiger partial charge on any atom is 0.250 e. The smallest absolute Gasteiger partial charge is 0.250 e. The Hall–Kier alpha value is -1.26. The van der Waals surface area contributed by atoms with Crippen LogP contribution in [0.3, 0.4) is 0 Å². The third-order valence-electron chi connectivity index (χ3n) is 3.59. The van der Waals surface area contributed by atoms with Crippen LogP contribution in [-0.2, 0) is 9.59 Å². The van der Waals surface area contributed by atoms with Crippen molar-refractivity contribution in [2.45, 2.75) is 39.8 Å². The Morgan fingerprint density at radius 3 is 2.29 bits per heavy atom. The highest BCUT2D eigenvalue weighted by atomic mass is 35.5. The molecule has 4 nitrogen and oxygen atoms in total. The van der Waals surface area contributed by atoms with Crippen LogP contribution in [-0.4, -0.2) is 23.9 Å². The van der Waals surface area contributed by atoms with E-state index in [2.05, 4.69) is 5.32 Å². The van der Waals surface area contributed by atoms with Gasteiger partial charge in [0.05, 0.1) is 10.0 Å². The molecule has 0 bridgehead atoms. The van der Waals surface area contributed by atoms with Crippen LogP contribution >= 0.6 is 23.2 Å². The van der Waals surface area contributed by atoms with Gasteiger partial charge in [-0.15, -0.1) is 0 Å². The second-order valence-electron chi connectivity index (χ2n) is 6.29. The molecule has 0 radical (unpaired) electrons. The molecule has 0 aromatic heterocycles. The highest BCUT2D eigenvalue weighted by molar-refractivity contribution is 6.42. The number of rotatable bonds is 1. The third-order valence-corrected chi connectivity index (χ3v) is 4.32. The molecule has 6 heteroatoms. The van der Waals surface area contributed by atoms with E-state index in [4.69, 9.17) is 23.2 Å². The van der Waals surface area contributed by atoms with Gasteiger partial charge in [-0.3, -0.25) is 14.5 Å². The van der Waals surface area contributed by atoms with E-state index in [-0.39, 0.29) is 17.2 Å². The summed E-state index contributed by atoms with van der Waals surface area (Å²) < 4.78 is 0. The minimum absolute atomic E-state index is 0.145. The van der Waals surface area contributed by atoms with Crippen LogP contribution in [0.25, 0.3) is 0 Å². The maximum absolute atomic E-state index is 12.8. The molecule has 0 spiro atoms. The fourth-order valence-corrected chi connectivity index (χ4v) is 2.64. The lowest BCUT2D eigenvalue weighted by molar-refractivity contribution is -0.136. The number of hydrogen-bond acceptors (Lipinski definition) is 2. The van der Waals surface area contributed by atoms with E-state index >= 15 is 0 Å². The molecular weight excluding hydrogens is 311 g/mol. The average Bonchev–Trinajstić information content (AvgIpc) is 2.37. The molecule has 1 heterocycles. The molecule has 1 aromatic rings. The van der Waals surface area contributed by atoms with Gasteiger partial charge >= 0.3 is 0 Å². The van der Waals surface area contributed by atoms with E-state index in [0.717, 1.165) is 0 Å². The molecule has 1 aromatic carbocycles. The lowest BCUT2D eigenvalue weighted by atomic mass is 9.84. The Morgan fingerprint density at radius 2 is 1.76 bits per heavy atom. The molecule has 1 N–H and O–H groups in total. The van der Waals surface area contributed by atoms with Crippen LogP contribution in [0.5, 0.6) is 0 Å². The van der Waals surface area contributed by atoms with Crippen molar-refractivity contribution >= 4 is 40.7 Å². The summed E-state index contributed by atoms with van der Waals surface area (Å²) in [6.07, 6.45) is 0. The quantitative estimate of drug-likeness (QED) is 0.860. The molecule has 2 amide bonds. The standard InChI is InChI=1S/C15H18Cl2N2O2/c1-8-13(20)18-12(15(2,3)4)14(21)19(8)9-5-6-10(16)11(17)7-9/h5-8,12H,1-4H3,(H,18,20). The molecule has 1 saturated heterocycles. The largest absolute Gasteiger partial charge is 0.342 e. The predicted molar refractivity (Wildman–Crippen MR) is 84.8 cm³/mol. The number of carbonyl (C=O) groups excluding carboxylic acids is 2. The van der Waals surface area contributed by atoms with E-state index in [1.165, 1.54) is 4.90 Å². The van der Waals surface area contributed by atoms with Gasteiger partial charge in [0.25, 0.3) is 5.91 Å². The zero-order valence-corrected chi connectivity index (χ0v) is 13.9. The van der Waals surface area contributed by atoms with Crippen molar-refractivity contribution < 1.29 is 9.59 Å². The van der Waals surface area contributed by atoms with Crippen LogP contribution in [0.2, 0.25) is 10.0 Å². The monoisotopic (exact) mass is 328 g/mol. The van der Waals surface area contributed by atoms with Gasteiger partial charge in [0.1, 0.15) is 12.1 Å². The Morgan fingerprint density at radius 1 is 1.14 bits per heavy atom. The van der Waals surface area contributed by atoms with Gasteiger partial charge in [-0.2, -0.15) is 0 Å². The average molecular weight is 329 g/mol. The fourth-order valence-electron chi connectivity index (χ4n) is 2.34. The van der Waals surface area contributed by atoms with Gasteiger partial charge in [0.2, 0.25) is 5.91 Å². The van der Waals surface area contributed by atoms with Crippen molar-refractivity contribution in [1.82, 2.24) is 5.32 Å². The summed E-state index contributed by atoms with van der Waals surface area (Å²) in [7, 11) is 0. The number of benzene rings is 1. The second-order valence-corrected chi connectivity index (χ2v) is 7.10. The number of amides is 2. The van der Waals surface area contributed by atoms with Crippen LogP contribution in [0.4, 0.5) is 5.69 Å². The Labute approximate surface area is 134 Å². The first-order valence-corrected chi connectivity index (χ1v) is 7.47. The zero-order valence-electron chi connectivity index (χ0n) is 12.4. The van der Waals surface area contributed by atoms with Gasteiger partial charge in [-0.1, -0.05) is 44.0 Å². The number of anilines is 1. The zero-order chi connectivity index (χ0) is 15.9. The maximum atomic E-state index is 12.8. The fraction of sp³-hybridized carbons (Fsp3) is 0.467. The van der Waals surface area contributed by atoms with E-state index in [0.29, 0.717) is 15.7 Å². The summed E-state index contributed by atoms with van der Waals surface area (Å²) >= 11 is 11.9. The lowest BCUT2D eigenvalue weighted by Crippen LogP contribution is -2.66. The van der Waals surface area contributed by atoms with E-state index in [1.807, 2.05) is 20.8 Å². The van der Waals surface area contributed by atoms with Crippen molar-refractivity contribution in [3.05, 3.63) is 28.2 Å². The number of nitrogens with one attached hydrogen (secondary N) is 1. The summed E-state index contributed by atoms with van der Waals surface area (Å²) in [5.41, 5.74) is 0.201. The number of hydrogen-bond donors (Lipinski definition) is 1. The summed E-state index contributed by atoms with van der Waals surface area (Å²) in [6, 6.07) is 3.76. The molecule has 21 heavy (non-hydrogen) atoms. The van der Waals surface area contributed by atoms with Gasteiger partial charge in [0, 0.05) is 5.69 Å². The topological polar surface area (TPSA) is 49.4 Å². The summed E-state index contributed by atoms with van der Waals surface area (Å²) in [6.45, 7) is 7.44. The third kappa shape index (κ3) is 3.01. The van der Waals surface area contributed by atoms with Crippen LogP contribution in [0.15, 0.2) is 18.2 Å². The van der Waals surface area contributed by atoms with Crippen molar-refractivity contribution in [3.63, 3.8) is 0 Å².